The van der Waals surface area contributed by atoms with Crippen molar-refractivity contribution in [2.24, 2.45) is 0 Å². The summed E-state index contributed by atoms with van der Waals surface area (Å²) in [5.74, 6) is 0.434. The summed E-state index contributed by atoms with van der Waals surface area (Å²) in [7, 11) is -1.73. The van der Waals surface area contributed by atoms with Gasteiger partial charge in [0.2, 0.25) is 0 Å². The molecule has 39 heavy (non-hydrogen) atoms. The Morgan fingerprint density at radius 1 is 0.590 bits per heavy atom. The second kappa shape index (κ2) is 13.0. The van der Waals surface area contributed by atoms with Crippen molar-refractivity contribution >= 4 is 28.7 Å². The summed E-state index contributed by atoms with van der Waals surface area (Å²) >= 11 is 0. The van der Waals surface area contributed by atoms with Crippen LogP contribution in [0.3, 0.4) is 0 Å². The number of hydrogen-bond acceptors (Lipinski definition) is 3. The molecule has 0 fully saturated rings. The first-order chi connectivity index (χ1) is 19.2. The summed E-state index contributed by atoms with van der Waals surface area (Å²) in [6.07, 6.45) is 11.5. The van der Waals surface area contributed by atoms with Crippen LogP contribution in [0.25, 0.3) is 5.57 Å². The number of phenolic OH excluding ortho intramolecular Hbond substituents is 2. The minimum absolute atomic E-state index is 0.0921. The van der Waals surface area contributed by atoms with Crippen LogP contribution in [-0.4, -0.2) is 23.0 Å². The molecular formula is C35H38O3P+. The molecule has 1 aliphatic heterocycles. The van der Waals surface area contributed by atoms with Gasteiger partial charge in [0.25, 0.3) is 0 Å². The average Bonchev–Trinajstić information content (AvgIpc) is 2.99. The summed E-state index contributed by atoms with van der Waals surface area (Å²) in [4.78, 5) is 0. The Balaban J connectivity index is 1.18. The molecule has 0 amide bonds. The van der Waals surface area contributed by atoms with E-state index in [0.717, 1.165) is 18.4 Å². The van der Waals surface area contributed by atoms with Gasteiger partial charge in [-0.15, -0.1) is 0 Å². The van der Waals surface area contributed by atoms with Gasteiger partial charge in [-0.05, 0) is 79.8 Å². The van der Waals surface area contributed by atoms with Crippen molar-refractivity contribution in [1.29, 1.82) is 0 Å². The molecule has 2 N–H and O–H groups in total. The van der Waals surface area contributed by atoms with E-state index in [-0.39, 0.29) is 11.5 Å². The van der Waals surface area contributed by atoms with E-state index in [9.17, 15) is 10.2 Å². The highest BCUT2D eigenvalue weighted by Crippen LogP contribution is 2.56. The lowest BCUT2D eigenvalue weighted by Gasteiger charge is -2.27. The molecule has 3 nitrogen and oxygen atoms in total. The number of phenols is 2. The number of unbranched alkanes of at least 4 members (excludes halogenated alkanes) is 5. The number of fused-ring (bicyclic) bond motifs is 1. The van der Waals surface area contributed by atoms with Crippen molar-refractivity contribution in [3.8, 4) is 17.2 Å². The van der Waals surface area contributed by atoms with Crippen LogP contribution in [-0.2, 0) is 0 Å². The van der Waals surface area contributed by atoms with E-state index in [1.165, 1.54) is 65.8 Å². The summed E-state index contributed by atoms with van der Waals surface area (Å²) in [5.41, 5.74) is 2.11. The Labute approximate surface area is 233 Å². The van der Waals surface area contributed by atoms with Gasteiger partial charge >= 0.3 is 0 Å². The molecule has 0 bridgehead atoms. The van der Waals surface area contributed by atoms with Crippen LogP contribution in [0.15, 0.2) is 109 Å². The smallest absolute Gasteiger partial charge is 0.161 e. The van der Waals surface area contributed by atoms with Crippen LogP contribution in [0.1, 0.15) is 50.5 Å². The van der Waals surface area contributed by atoms with E-state index in [1.54, 1.807) is 6.07 Å². The van der Waals surface area contributed by atoms with Gasteiger partial charge in [-0.1, -0.05) is 73.9 Å². The zero-order valence-corrected chi connectivity index (χ0v) is 23.4. The van der Waals surface area contributed by atoms with Crippen molar-refractivity contribution in [2.45, 2.75) is 44.9 Å². The van der Waals surface area contributed by atoms with Crippen molar-refractivity contribution in [3.05, 3.63) is 115 Å². The van der Waals surface area contributed by atoms with Gasteiger partial charge in [0, 0.05) is 11.6 Å². The van der Waals surface area contributed by atoms with Gasteiger partial charge in [0.1, 0.15) is 35.5 Å². The van der Waals surface area contributed by atoms with E-state index >= 15 is 0 Å². The number of allylic oxidation sites excluding steroid dienone is 1. The maximum absolute atomic E-state index is 9.93. The Morgan fingerprint density at radius 2 is 1.08 bits per heavy atom. The number of aromatic hydroxyl groups is 2. The maximum Gasteiger partial charge on any atom is 0.161 e. The van der Waals surface area contributed by atoms with Gasteiger partial charge in [-0.2, -0.15) is 0 Å². The molecule has 1 aliphatic rings. The van der Waals surface area contributed by atoms with Crippen molar-refractivity contribution < 1.29 is 14.9 Å². The van der Waals surface area contributed by atoms with Gasteiger partial charge in [0.15, 0.2) is 11.5 Å². The van der Waals surface area contributed by atoms with Crippen LogP contribution in [0.5, 0.6) is 17.2 Å². The van der Waals surface area contributed by atoms with Gasteiger partial charge < -0.3 is 14.9 Å². The zero-order valence-electron chi connectivity index (χ0n) is 22.5. The average molecular weight is 538 g/mol. The molecule has 0 saturated carbocycles. The molecular weight excluding hydrogens is 499 g/mol. The summed E-state index contributed by atoms with van der Waals surface area (Å²) in [6.45, 7) is 0.516. The van der Waals surface area contributed by atoms with Crippen LogP contribution >= 0.6 is 7.26 Å². The van der Waals surface area contributed by atoms with E-state index in [2.05, 4.69) is 97.1 Å². The predicted molar refractivity (Wildman–Crippen MR) is 166 cm³/mol. The lowest BCUT2D eigenvalue weighted by molar-refractivity contribution is 0.348. The van der Waals surface area contributed by atoms with Crippen molar-refractivity contribution in [1.82, 2.24) is 0 Å². The van der Waals surface area contributed by atoms with E-state index in [1.807, 2.05) is 0 Å². The van der Waals surface area contributed by atoms with Crippen molar-refractivity contribution in [3.63, 3.8) is 0 Å². The molecule has 4 aromatic carbocycles. The highest BCUT2D eigenvalue weighted by Gasteiger charge is 2.44. The lowest BCUT2D eigenvalue weighted by Crippen LogP contribution is -2.33. The van der Waals surface area contributed by atoms with Gasteiger partial charge in [0.05, 0.1) is 6.16 Å². The molecule has 200 valence electrons. The lowest BCUT2D eigenvalue weighted by atomic mass is 9.96. The van der Waals surface area contributed by atoms with Crippen molar-refractivity contribution in [2.75, 3.05) is 12.8 Å². The highest BCUT2D eigenvalue weighted by atomic mass is 31.2. The molecule has 0 aromatic heterocycles. The minimum Gasteiger partial charge on any atom is -0.504 e. The Hall–Kier alpha value is -3.55. The Morgan fingerprint density at radius 3 is 1.64 bits per heavy atom. The Bertz CT molecular complexity index is 1270. The molecule has 4 heteroatoms. The van der Waals surface area contributed by atoms with E-state index in [4.69, 9.17) is 4.74 Å². The number of rotatable bonds is 12. The fraction of sp³-hybridized carbons (Fsp3) is 0.257. The molecule has 4 aromatic rings. The first-order valence-electron chi connectivity index (χ1n) is 14.1. The predicted octanol–water partition coefficient (Wildman–Crippen LogP) is 7.60. The topological polar surface area (TPSA) is 49.7 Å². The quantitative estimate of drug-likeness (QED) is 0.111. The van der Waals surface area contributed by atoms with Crippen LogP contribution in [0, 0.1) is 0 Å². The van der Waals surface area contributed by atoms with E-state index in [0.29, 0.717) is 12.4 Å². The largest absolute Gasteiger partial charge is 0.504 e. The number of hydrogen-bond donors (Lipinski definition) is 2. The molecule has 0 aliphatic carbocycles. The fourth-order valence-corrected chi connectivity index (χ4v) is 10.2. The highest BCUT2D eigenvalue weighted by molar-refractivity contribution is 7.95. The maximum atomic E-state index is 9.93. The minimum atomic E-state index is -1.73. The van der Waals surface area contributed by atoms with Crippen LogP contribution in [0.4, 0.5) is 0 Å². The molecule has 0 saturated heterocycles. The Kier molecular flexibility index (Phi) is 9.01. The zero-order chi connectivity index (χ0) is 26.9. The van der Waals surface area contributed by atoms with E-state index < -0.39 is 7.26 Å². The molecule has 0 radical (unpaired) electrons. The first kappa shape index (κ1) is 27.0. The molecule has 0 atom stereocenters. The fourth-order valence-electron chi connectivity index (χ4n) is 5.76. The monoisotopic (exact) mass is 537 g/mol. The second-order valence-electron chi connectivity index (χ2n) is 10.3. The first-order valence-corrected chi connectivity index (χ1v) is 16.1. The summed E-state index contributed by atoms with van der Waals surface area (Å²) in [5, 5.41) is 24.1. The SMILES string of the molecule is Oc1cc2c(cc1O)C(CCCCCCCC[P+](c1ccccc1)(c1ccccc1)c1ccccc1)=CCO2. The van der Waals surface area contributed by atoms with Gasteiger partial charge in [-0.3, -0.25) is 0 Å². The standard InChI is InChI=1S/C35H37O3P/c36-33-26-32-28(23-24-38-35(32)27-34(33)37)16-8-3-1-2-4-15-25-39(29-17-9-5-10-18-29,30-19-11-6-12-20-30)31-21-13-7-14-22-31/h5-7,9-14,17-23,26-27H,1-4,8,15-16,24-25H2,(H-,36,37)/p+1. The van der Waals surface area contributed by atoms with Crippen LogP contribution in [0.2, 0.25) is 0 Å². The second-order valence-corrected chi connectivity index (χ2v) is 13.9. The number of benzene rings is 4. The third-order valence-electron chi connectivity index (χ3n) is 7.77. The van der Waals surface area contributed by atoms with Gasteiger partial charge in [-0.25, -0.2) is 0 Å². The third-order valence-corrected chi connectivity index (χ3v) is 12.3. The number of ether oxygens (including phenoxy) is 1. The molecule has 1 heterocycles. The molecule has 0 unspecified atom stereocenters. The molecule has 0 spiro atoms. The summed E-state index contributed by atoms with van der Waals surface area (Å²) < 4.78 is 5.64. The third kappa shape index (κ3) is 6.21. The molecule has 5 rings (SSSR count). The van der Waals surface area contributed by atoms with Crippen LogP contribution < -0.4 is 20.7 Å². The summed E-state index contributed by atoms with van der Waals surface area (Å²) in [6, 6.07) is 36.6. The normalized spacial score (nSPS) is 12.9.